The SMILES string of the molecule is C=C1CC(C(C)(C)C)N(NC(=O)O)c2ccccc21. The number of hydrazine groups is 1. The van der Waals surface area contributed by atoms with Crippen molar-refractivity contribution in [2.75, 3.05) is 5.01 Å². The van der Waals surface area contributed by atoms with Crippen molar-refractivity contribution in [2.45, 2.75) is 33.2 Å². The lowest BCUT2D eigenvalue weighted by atomic mass is 9.78. The molecule has 0 bridgehead atoms. The quantitative estimate of drug-likeness (QED) is 0.812. The highest BCUT2D eigenvalue weighted by molar-refractivity contribution is 5.81. The smallest absolute Gasteiger partial charge is 0.423 e. The molecule has 1 atom stereocenters. The number of rotatable bonds is 1. The molecule has 19 heavy (non-hydrogen) atoms. The predicted octanol–water partition coefficient (Wildman–Crippen LogP) is 3.51. The van der Waals surface area contributed by atoms with E-state index in [0.717, 1.165) is 23.2 Å². The summed E-state index contributed by atoms with van der Waals surface area (Å²) in [6, 6.07) is 7.81. The molecule has 1 aliphatic heterocycles. The molecule has 1 aromatic carbocycles. The Labute approximate surface area is 113 Å². The van der Waals surface area contributed by atoms with Crippen LogP contribution >= 0.6 is 0 Å². The van der Waals surface area contributed by atoms with Crippen LogP contribution in [0.3, 0.4) is 0 Å². The first-order chi connectivity index (χ1) is 8.80. The Morgan fingerprint density at radius 2 is 2.05 bits per heavy atom. The van der Waals surface area contributed by atoms with Gasteiger partial charge in [0.2, 0.25) is 0 Å². The molecule has 0 fully saturated rings. The van der Waals surface area contributed by atoms with E-state index >= 15 is 0 Å². The van der Waals surface area contributed by atoms with Crippen molar-refractivity contribution >= 4 is 17.4 Å². The van der Waals surface area contributed by atoms with Gasteiger partial charge in [-0.15, -0.1) is 0 Å². The maximum atomic E-state index is 11.1. The average molecular weight is 260 g/mol. The van der Waals surface area contributed by atoms with E-state index in [1.807, 2.05) is 24.3 Å². The maximum Gasteiger partial charge on any atom is 0.423 e. The molecular formula is C15H20N2O2. The lowest BCUT2D eigenvalue weighted by Gasteiger charge is -2.45. The molecule has 102 valence electrons. The normalized spacial score (nSPS) is 19.0. The molecule has 0 radical (unpaired) electrons. The molecular weight excluding hydrogens is 240 g/mol. The van der Waals surface area contributed by atoms with Crippen molar-refractivity contribution in [3.63, 3.8) is 0 Å². The van der Waals surface area contributed by atoms with Gasteiger partial charge in [-0.05, 0) is 23.5 Å². The van der Waals surface area contributed by atoms with Crippen molar-refractivity contribution < 1.29 is 9.90 Å². The number of anilines is 1. The molecule has 4 heteroatoms. The molecule has 0 spiro atoms. The Balaban J connectivity index is 2.50. The van der Waals surface area contributed by atoms with Crippen LogP contribution in [0.2, 0.25) is 0 Å². The highest BCUT2D eigenvalue weighted by atomic mass is 16.4. The first-order valence-corrected chi connectivity index (χ1v) is 6.36. The van der Waals surface area contributed by atoms with E-state index < -0.39 is 6.09 Å². The minimum absolute atomic E-state index is 0.0472. The first kappa shape index (κ1) is 13.5. The summed E-state index contributed by atoms with van der Waals surface area (Å²) in [6.07, 6.45) is -0.294. The van der Waals surface area contributed by atoms with Crippen molar-refractivity contribution in [3.05, 3.63) is 36.4 Å². The van der Waals surface area contributed by atoms with Gasteiger partial charge in [-0.1, -0.05) is 45.5 Å². The van der Waals surface area contributed by atoms with Crippen LogP contribution in [0.1, 0.15) is 32.8 Å². The van der Waals surface area contributed by atoms with Crippen LogP contribution in [0.15, 0.2) is 30.8 Å². The van der Waals surface area contributed by atoms with Gasteiger partial charge in [-0.3, -0.25) is 5.01 Å². The first-order valence-electron chi connectivity index (χ1n) is 6.36. The minimum atomic E-state index is -1.04. The van der Waals surface area contributed by atoms with Crippen LogP contribution < -0.4 is 10.4 Å². The van der Waals surface area contributed by atoms with E-state index in [2.05, 4.69) is 32.8 Å². The highest BCUT2D eigenvalue weighted by Crippen LogP contribution is 2.41. The summed E-state index contributed by atoms with van der Waals surface area (Å²) in [5, 5.41) is 10.8. The van der Waals surface area contributed by atoms with Gasteiger partial charge in [0.15, 0.2) is 0 Å². The summed E-state index contributed by atoms with van der Waals surface area (Å²) >= 11 is 0. The largest absolute Gasteiger partial charge is 0.464 e. The zero-order valence-corrected chi connectivity index (χ0v) is 11.6. The fraction of sp³-hybridized carbons (Fsp3) is 0.400. The number of carbonyl (C=O) groups is 1. The van der Waals surface area contributed by atoms with E-state index in [1.54, 1.807) is 5.01 Å². The monoisotopic (exact) mass is 260 g/mol. The lowest BCUT2D eigenvalue weighted by Crippen LogP contribution is -2.55. The Bertz CT molecular complexity index is 517. The fourth-order valence-corrected chi connectivity index (χ4v) is 2.52. The van der Waals surface area contributed by atoms with Crippen molar-refractivity contribution in [3.8, 4) is 0 Å². The van der Waals surface area contributed by atoms with Crippen LogP contribution in [-0.2, 0) is 0 Å². The maximum absolute atomic E-state index is 11.1. The third-order valence-corrected chi connectivity index (χ3v) is 3.51. The van der Waals surface area contributed by atoms with Gasteiger partial charge in [0.1, 0.15) is 0 Å². The number of nitrogens with zero attached hydrogens (tertiary/aromatic N) is 1. The number of hydrogen-bond donors (Lipinski definition) is 2. The number of hydrogen-bond acceptors (Lipinski definition) is 2. The molecule has 0 saturated carbocycles. The zero-order valence-electron chi connectivity index (χ0n) is 11.6. The topological polar surface area (TPSA) is 52.6 Å². The predicted molar refractivity (Wildman–Crippen MR) is 77.0 cm³/mol. The number of nitrogens with one attached hydrogen (secondary N) is 1. The van der Waals surface area contributed by atoms with E-state index in [1.165, 1.54) is 0 Å². The van der Waals surface area contributed by atoms with Crippen LogP contribution in [0.5, 0.6) is 0 Å². The molecule has 0 saturated heterocycles. The van der Waals surface area contributed by atoms with Crippen LogP contribution in [0, 0.1) is 5.41 Å². The zero-order chi connectivity index (χ0) is 14.2. The summed E-state index contributed by atoms with van der Waals surface area (Å²) in [5.41, 5.74) is 5.41. The summed E-state index contributed by atoms with van der Waals surface area (Å²) in [6.45, 7) is 10.5. The number of para-hydroxylation sites is 1. The fourth-order valence-electron chi connectivity index (χ4n) is 2.52. The molecule has 1 heterocycles. The number of amides is 1. The summed E-state index contributed by atoms with van der Waals surface area (Å²) in [7, 11) is 0. The van der Waals surface area contributed by atoms with Crippen molar-refractivity contribution in [1.29, 1.82) is 0 Å². The Morgan fingerprint density at radius 3 is 2.63 bits per heavy atom. The summed E-state index contributed by atoms with van der Waals surface area (Å²) < 4.78 is 0. The second kappa shape index (κ2) is 4.61. The minimum Gasteiger partial charge on any atom is -0.464 e. The highest BCUT2D eigenvalue weighted by Gasteiger charge is 2.37. The number of fused-ring (bicyclic) bond motifs is 1. The van der Waals surface area contributed by atoms with Gasteiger partial charge in [0, 0.05) is 5.56 Å². The van der Waals surface area contributed by atoms with Gasteiger partial charge >= 0.3 is 6.09 Å². The second-order valence-corrected chi connectivity index (χ2v) is 5.99. The van der Waals surface area contributed by atoms with Crippen molar-refractivity contribution in [2.24, 2.45) is 5.41 Å². The van der Waals surface area contributed by atoms with Crippen LogP contribution in [0.4, 0.5) is 10.5 Å². The third-order valence-electron chi connectivity index (χ3n) is 3.51. The van der Waals surface area contributed by atoms with Crippen molar-refractivity contribution in [1.82, 2.24) is 5.43 Å². The standard InChI is InChI=1S/C15H20N2O2/c1-10-9-13(15(2,3)4)17(16-14(18)19)12-8-6-5-7-11(10)12/h5-8,13,16H,1,9H2,2-4H3,(H,18,19). The summed E-state index contributed by atoms with van der Waals surface area (Å²) in [5.74, 6) is 0. The van der Waals surface area contributed by atoms with E-state index in [0.29, 0.717) is 0 Å². The lowest BCUT2D eigenvalue weighted by molar-refractivity contribution is 0.186. The third kappa shape index (κ3) is 2.57. The molecule has 2 rings (SSSR count). The summed E-state index contributed by atoms with van der Waals surface area (Å²) in [4.78, 5) is 11.1. The molecule has 1 unspecified atom stereocenters. The van der Waals surface area contributed by atoms with E-state index in [-0.39, 0.29) is 11.5 Å². The molecule has 1 aliphatic rings. The second-order valence-electron chi connectivity index (χ2n) is 5.99. The van der Waals surface area contributed by atoms with Gasteiger partial charge in [-0.2, -0.15) is 0 Å². The van der Waals surface area contributed by atoms with Gasteiger partial charge in [0.05, 0.1) is 11.7 Å². The van der Waals surface area contributed by atoms with Gasteiger partial charge < -0.3 is 5.11 Å². The van der Waals surface area contributed by atoms with Crippen LogP contribution in [-0.4, -0.2) is 17.2 Å². The molecule has 2 N–H and O–H groups in total. The Kier molecular flexibility index (Phi) is 3.27. The van der Waals surface area contributed by atoms with Crippen LogP contribution in [0.25, 0.3) is 5.57 Å². The average Bonchev–Trinajstić information content (AvgIpc) is 2.31. The Morgan fingerprint density at radius 1 is 1.42 bits per heavy atom. The van der Waals surface area contributed by atoms with E-state index in [4.69, 9.17) is 5.11 Å². The molecule has 1 amide bonds. The van der Waals surface area contributed by atoms with E-state index in [9.17, 15) is 4.79 Å². The molecule has 0 aliphatic carbocycles. The molecule has 0 aromatic heterocycles. The van der Waals surface area contributed by atoms with Gasteiger partial charge in [0.25, 0.3) is 0 Å². The molecule has 4 nitrogen and oxygen atoms in total. The Hall–Kier alpha value is -1.97. The number of carboxylic acid groups (broad SMARTS) is 1. The molecule has 1 aromatic rings. The number of benzene rings is 1. The van der Waals surface area contributed by atoms with Gasteiger partial charge in [-0.25, -0.2) is 10.2 Å².